The molecule has 6 nitrogen and oxygen atoms in total. The van der Waals surface area contributed by atoms with E-state index in [-0.39, 0.29) is 16.2 Å². The maximum Gasteiger partial charge on any atom is 0.257 e. The van der Waals surface area contributed by atoms with Crippen molar-refractivity contribution in [2.45, 2.75) is 11.8 Å². The topological polar surface area (TPSA) is 89.0 Å². The summed E-state index contributed by atoms with van der Waals surface area (Å²) in [7, 11) is -3.36. The number of nitrogens with one attached hydrogen (secondary N) is 1. The number of anilines is 1. The van der Waals surface area contributed by atoms with Crippen LogP contribution in [0.25, 0.3) is 11.3 Å². The summed E-state index contributed by atoms with van der Waals surface area (Å²) in [5.41, 5.74) is 1.85. The first-order valence-corrected chi connectivity index (χ1v) is 10.0. The zero-order valence-corrected chi connectivity index (χ0v) is 15.0. The second-order valence-electron chi connectivity index (χ2n) is 5.16. The molecule has 2 aromatic heterocycles. The van der Waals surface area contributed by atoms with Gasteiger partial charge in [0.2, 0.25) is 0 Å². The van der Waals surface area contributed by atoms with Gasteiger partial charge in [-0.25, -0.2) is 13.4 Å². The van der Waals surface area contributed by atoms with Crippen LogP contribution in [0.15, 0.2) is 59.1 Å². The maximum atomic E-state index is 12.4. The normalized spacial score (nSPS) is 11.2. The molecule has 0 bridgehead atoms. The standard InChI is InChI=1S/C17H15N3O3S2/c1-2-25(22,23)14-7-3-5-12(9-14)16(21)20-17-19-15(11-24-17)13-6-4-8-18-10-13/h3-11H,2H2,1H3,(H,19,20,21). The van der Waals surface area contributed by atoms with E-state index < -0.39 is 15.7 Å². The lowest BCUT2D eigenvalue weighted by atomic mass is 10.2. The molecule has 25 heavy (non-hydrogen) atoms. The van der Waals surface area contributed by atoms with Gasteiger partial charge in [0, 0.05) is 28.9 Å². The lowest BCUT2D eigenvalue weighted by molar-refractivity contribution is 0.102. The molecule has 0 aliphatic heterocycles. The Labute approximate surface area is 149 Å². The number of amides is 1. The van der Waals surface area contributed by atoms with Crippen LogP contribution in [0.3, 0.4) is 0 Å². The molecule has 8 heteroatoms. The second-order valence-corrected chi connectivity index (χ2v) is 8.30. The van der Waals surface area contributed by atoms with Crippen LogP contribution in [0.2, 0.25) is 0 Å². The second kappa shape index (κ2) is 7.12. The number of pyridine rings is 1. The van der Waals surface area contributed by atoms with Crippen molar-refractivity contribution >= 4 is 32.2 Å². The molecule has 3 aromatic rings. The van der Waals surface area contributed by atoms with Crippen molar-refractivity contribution < 1.29 is 13.2 Å². The van der Waals surface area contributed by atoms with E-state index >= 15 is 0 Å². The number of carbonyl (C=O) groups excluding carboxylic acids is 1. The number of benzene rings is 1. The van der Waals surface area contributed by atoms with Gasteiger partial charge in [-0.2, -0.15) is 0 Å². The molecule has 0 atom stereocenters. The fraction of sp³-hybridized carbons (Fsp3) is 0.118. The van der Waals surface area contributed by atoms with Crippen LogP contribution < -0.4 is 5.32 Å². The fourth-order valence-electron chi connectivity index (χ4n) is 2.14. The fourth-order valence-corrected chi connectivity index (χ4v) is 3.79. The van der Waals surface area contributed by atoms with E-state index in [0.717, 1.165) is 11.3 Å². The minimum Gasteiger partial charge on any atom is -0.298 e. The minimum absolute atomic E-state index is 0.0149. The van der Waals surface area contributed by atoms with Gasteiger partial charge in [-0.3, -0.25) is 15.1 Å². The molecular weight excluding hydrogens is 358 g/mol. The van der Waals surface area contributed by atoms with Crippen LogP contribution in [0.1, 0.15) is 17.3 Å². The third-order valence-electron chi connectivity index (χ3n) is 3.52. The lowest BCUT2D eigenvalue weighted by Gasteiger charge is -2.05. The third kappa shape index (κ3) is 3.92. The van der Waals surface area contributed by atoms with Gasteiger partial charge in [0.15, 0.2) is 15.0 Å². The molecule has 1 amide bonds. The highest BCUT2D eigenvalue weighted by Crippen LogP contribution is 2.24. The molecule has 0 radical (unpaired) electrons. The van der Waals surface area contributed by atoms with Gasteiger partial charge in [-0.1, -0.05) is 13.0 Å². The minimum atomic E-state index is -3.36. The Morgan fingerprint density at radius 2 is 2.08 bits per heavy atom. The van der Waals surface area contributed by atoms with E-state index in [4.69, 9.17) is 0 Å². The molecule has 1 aromatic carbocycles. The van der Waals surface area contributed by atoms with Crippen LogP contribution in [0, 0.1) is 0 Å². The van der Waals surface area contributed by atoms with Gasteiger partial charge >= 0.3 is 0 Å². The summed E-state index contributed by atoms with van der Waals surface area (Å²) in [6.07, 6.45) is 3.37. The van der Waals surface area contributed by atoms with E-state index in [1.54, 1.807) is 31.5 Å². The molecule has 2 heterocycles. The molecule has 128 valence electrons. The van der Waals surface area contributed by atoms with Gasteiger partial charge < -0.3 is 0 Å². The summed E-state index contributed by atoms with van der Waals surface area (Å²) in [6, 6.07) is 9.68. The molecule has 0 spiro atoms. The zero-order valence-electron chi connectivity index (χ0n) is 13.3. The van der Waals surface area contributed by atoms with Crippen LogP contribution in [0.4, 0.5) is 5.13 Å². The van der Waals surface area contributed by atoms with Crippen molar-refractivity contribution in [3.05, 3.63) is 59.7 Å². The van der Waals surface area contributed by atoms with Crippen molar-refractivity contribution in [3.63, 3.8) is 0 Å². The first kappa shape index (κ1) is 17.2. The Hall–Kier alpha value is -2.58. The molecule has 0 saturated heterocycles. The predicted molar refractivity (Wildman–Crippen MR) is 97.5 cm³/mol. The predicted octanol–water partition coefficient (Wildman–Crippen LogP) is 3.25. The first-order chi connectivity index (χ1) is 12.0. The smallest absolute Gasteiger partial charge is 0.257 e. The van der Waals surface area contributed by atoms with Crippen LogP contribution in [-0.4, -0.2) is 30.0 Å². The third-order valence-corrected chi connectivity index (χ3v) is 6.01. The lowest BCUT2D eigenvalue weighted by Crippen LogP contribution is -2.13. The summed E-state index contributed by atoms with van der Waals surface area (Å²) >= 11 is 1.29. The Morgan fingerprint density at radius 3 is 2.80 bits per heavy atom. The van der Waals surface area contributed by atoms with Crippen LogP contribution >= 0.6 is 11.3 Å². The maximum absolute atomic E-state index is 12.4. The molecular formula is C17H15N3O3S2. The van der Waals surface area contributed by atoms with Crippen molar-refractivity contribution in [2.75, 3.05) is 11.1 Å². The molecule has 0 saturated carbocycles. The molecule has 3 rings (SSSR count). The van der Waals surface area contributed by atoms with Crippen molar-refractivity contribution in [2.24, 2.45) is 0 Å². The van der Waals surface area contributed by atoms with Gasteiger partial charge in [0.1, 0.15) is 0 Å². The first-order valence-electron chi connectivity index (χ1n) is 7.49. The Balaban J connectivity index is 1.80. The van der Waals surface area contributed by atoms with Crippen LogP contribution in [0.5, 0.6) is 0 Å². The van der Waals surface area contributed by atoms with Gasteiger partial charge in [0.25, 0.3) is 5.91 Å². The Bertz CT molecular complexity index is 999. The highest BCUT2D eigenvalue weighted by Gasteiger charge is 2.15. The van der Waals surface area contributed by atoms with E-state index in [0.29, 0.717) is 5.13 Å². The van der Waals surface area contributed by atoms with Crippen molar-refractivity contribution in [3.8, 4) is 11.3 Å². The summed E-state index contributed by atoms with van der Waals surface area (Å²) in [5, 5.41) is 4.96. The number of nitrogens with zero attached hydrogens (tertiary/aromatic N) is 2. The highest BCUT2D eigenvalue weighted by molar-refractivity contribution is 7.91. The number of thiazole rings is 1. The number of hydrogen-bond acceptors (Lipinski definition) is 6. The summed E-state index contributed by atoms with van der Waals surface area (Å²) in [6.45, 7) is 1.57. The Kier molecular flexibility index (Phi) is 4.91. The Morgan fingerprint density at radius 1 is 1.24 bits per heavy atom. The highest BCUT2D eigenvalue weighted by atomic mass is 32.2. The SMILES string of the molecule is CCS(=O)(=O)c1cccc(C(=O)Nc2nc(-c3cccnc3)cs2)c1. The monoisotopic (exact) mass is 373 g/mol. The van der Waals surface area contributed by atoms with E-state index in [9.17, 15) is 13.2 Å². The van der Waals surface area contributed by atoms with Crippen molar-refractivity contribution in [1.29, 1.82) is 0 Å². The number of hydrogen-bond donors (Lipinski definition) is 1. The average molecular weight is 373 g/mol. The average Bonchev–Trinajstić information content (AvgIpc) is 3.11. The summed E-state index contributed by atoms with van der Waals surface area (Å²) < 4.78 is 23.9. The van der Waals surface area contributed by atoms with Gasteiger partial charge in [-0.05, 0) is 30.3 Å². The molecule has 0 aliphatic carbocycles. The quantitative estimate of drug-likeness (QED) is 0.741. The molecule has 1 N–H and O–H groups in total. The largest absolute Gasteiger partial charge is 0.298 e. The van der Waals surface area contributed by atoms with Crippen LogP contribution in [-0.2, 0) is 9.84 Å². The molecule has 0 aliphatic rings. The number of rotatable bonds is 5. The summed E-state index contributed by atoms with van der Waals surface area (Å²) in [4.78, 5) is 20.9. The van der Waals surface area contributed by atoms with Gasteiger partial charge in [-0.15, -0.1) is 11.3 Å². The van der Waals surface area contributed by atoms with Crippen molar-refractivity contribution in [1.82, 2.24) is 9.97 Å². The van der Waals surface area contributed by atoms with Gasteiger partial charge in [0.05, 0.1) is 16.3 Å². The summed E-state index contributed by atoms with van der Waals surface area (Å²) in [5.74, 6) is -0.417. The molecule has 0 fully saturated rings. The number of aromatic nitrogens is 2. The van der Waals surface area contributed by atoms with E-state index in [1.807, 2.05) is 17.5 Å². The van der Waals surface area contributed by atoms with E-state index in [1.165, 1.54) is 23.5 Å². The number of sulfone groups is 1. The van der Waals surface area contributed by atoms with E-state index in [2.05, 4.69) is 15.3 Å². The number of carbonyl (C=O) groups is 1. The zero-order chi connectivity index (χ0) is 17.9. The molecule has 0 unspecified atom stereocenters.